The quantitative estimate of drug-likeness (QED) is 0.904. The molecule has 0 fully saturated rings. The van der Waals surface area contributed by atoms with Crippen LogP contribution in [0.5, 0.6) is 0 Å². The van der Waals surface area contributed by atoms with Crippen molar-refractivity contribution in [2.45, 2.75) is 19.5 Å². The molecule has 2 aromatic rings. The smallest absolute Gasteiger partial charge is 0.292 e. The average molecular weight is 313 g/mol. The van der Waals surface area contributed by atoms with E-state index in [1.165, 1.54) is 0 Å². The van der Waals surface area contributed by atoms with Crippen molar-refractivity contribution in [1.29, 1.82) is 0 Å². The van der Waals surface area contributed by atoms with E-state index < -0.39 is 0 Å². The van der Waals surface area contributed by atoms with Crippen molar-refractivity contribution in [1.82, 2.24) is 24.8 Å². The van der Waals surface area contributed by atoms with Crippen LogP contribution in [0.2, 0.25) is 0 Å². The molecule has 3 rings (SSSR count). The minimum atomic E-state index is -0.206. The minimum Gasteiger partial charge on any atom is -0.359 e. The van der Waals surface area contributed by atoms with Gasteiger partial charge in [-0.15, -0.1) is 0 Å². The van der Waals surface area contributed by atoms with Gasteiger partial charge in [0.2, 0.25) is 11.7 Å². The van der Waals surface area contributed by atoms with E-state index in [2.05, 4.69) is 19.9 Å². The van der Waals surface area contributed by atoms with Crippen LogP contribution in [-0.2, 0) is 17.9 Å². The van der Waals surface area contributed by atoms with Crippen molar-refractivity contribution in [3.63, 3.8) is 0 Å². The van der Waals surface area contributed by atoms with Crippen LogP contribution >= 0.6 is 0 Å². The SMILES string of the molecule is CNC(=O)C[C@H]1CN(C(=O)c2ncccn2)Cc2cccn2C1. The normalized spacial score (nSPS) is 17.3. The maximum absolute atomic E-state index is 12.7. The largest absolute Gasteiger partial charge is 0.359 e. The lowest BCUT2D eigenvalue weighted by molar-refractivity contribution is -0.121. The number of carbonyl (C=O) groups is 2. The summed E-state index contributed by atoms with van der Waals surface area (Å²) in [6.07, 6.45) is 5.48. The van der Waals surface area contributed by atoms with Gasteiger partial charge in [-0.25, -0.2) is 9.97 Å². The first-order chi connectivity index (χ1) is 11.2. The summed E-state index contributed by atoms with van der Waals surface area (Å²) in [5.74, 6) is 0.0126. The lowest BCUT2D eigenvalue weighted by atomic mass is 10.0. The molecule has 1 N–H and O–H groups in total. The Balaban J connectivity index is 1.84. The highest BCUT2D eigenvalue weighted by Gasteiger charge is 2.27. The van der Waals surface area contributed by atoms with Crippen LogP contribution < -0.4 is 5.32 Å². The summed E-state index contributed by atoms with van der Waals surface area (Å²) < 4.78 is 2.10. The molecular weight excluding hydrogens is 294 g/mol. The summed E-state index contributed by atoms with van der Waals surface area (Å²) in [5, 5.41) is 2.65. The lowest BCUT2D eigenvalue weighted by Gasteiger charge is -2.23. The fourth-order valence-electron chi connectivity index (χ4n) is 2.88. The van der Waals surface area contributed by atoms with Gasteiger partial charge in [0.25, 0.3) is 5.91 Å². The molecule has 7 nitrogen and oxygen atoms in total. The van der Waals surface area contributed by atoms with Gasteiger partial charge in [-0.05, 0) is 18.2 Å². The number of fused-ring (bicyclic) bond motifs is 1. The first-order valence-corrected chi connectivity index (χ1v) is 7.58. The van der Waals surface area contributed by atoms with Crippen LogP contribution in [0.15, 0.2) is 36.8 Å². The number of amides is 2. The second kappa shape index (κ2) is 6.60. The monoisotopic (exact) mass is 313 g/mol. The van der Waals surface area contributed by atoms with Crippen molar-refractivity contribution in [2.75, 3.05) is 13.6 Å². The van der Waals surface area contributed by atoms with Crippen molar-refractivity contribution >= 4 is 11.8 Å². The fraction of sp³-hybridized carbons (Fsp3) is 0.375. The minimum absolute atomic E-state index is 0.0195. The molecule has 7 heteroatoms. The molecule has 3 heterocycles. The molecule has 23 heavy (non-hydrogen) atoms. The molecule has 2 amide bonds. The highest BCUT2D eigenvalue weighted by molar-refractivity contribution is 5.90. The standard InChI is InChI=1S/C16H19N5O2/c1-17-14(22)8-12-9-20-7-2-4-13(20)11-21(10-12)16(23)15-18-5-3-6-19-15/h2-7,12H,8-11H2,1H3,(H,17,22)/t12-/m1/s1. The third-order valence-corrected chi connectivity index (χ3v) is 4.01. The maximum atomic E-state index is 12.7. The zero-order valence-corrected chi connectivity index (χ0v) is 13.0. The Morgan fingerprint density at radius 3 is 2.78 bits per heavy atom. The highest BCUT2D eigenvalue weighted by atomic mass is 16.2. The van der Waals surface area contributed by atoms with E-state index in [9.17, 15) is 9.59 Å². The van der Waals surface area contributed by atoms with E-state index in [-0.39, 0.29) is 23.6 Å². The summed E-state index contributed by atoms with van der Waals surface area (Å²) in [7, 11) is 1.63. The average Bonchev–Trinajstić information content (AvgIpc) is 2.93. The summed E-state index contributed by atoms with van der Waals surface area (Å²) in [6, 6.07) is 5.63. The van der Waals surface area contributed by atoms with E-state index >= 15 is 0 Å². The van der Waals surface area contributed by atoms with Crippen LogP contribution in [0.4, 0.5) is 0 Å². The lowest BCUT2D eigenvalue weighted by Crippen LogP contribution is -2.36. The summed E-state index contributed by atoms with van der Waals surface area (Å²) in [4.78, 5) is 34.2. The number of nitrogens with one attached hydrogen (secondary N) is 1. The molecule has 0 radical (unpaired) electrons. The number of aromatic nitrogens is 3. The summed E-state index contributed by atoms with van der Waals surface area (Å²) in [5.41, 5.74) is 1.05. The summed E-state index contributed by atoms with van der Waals surface area (Å²) in [6.45, 7) is 1.72. The number of rotatable bonds is 3. The van der Waals surface area contributed by atoms with Gasteiger partial charge >= 0.3 is 0 Å². The third kappa shape index (κ3) is 3.39. The van der Waals surface area contributed by atoms with Crippen molar-refractivity contribution in [3.05, 3.63) is 48.3 Å². The van der Waals surface area contributed by atoms with Crippen molar-refractivity contribution in [2.24, 2.45) is 5.92 Å². The molecule has 0 saturated heterocycles. The van der Waals surface area contributed by atoms with Crippen LogP contribution in [0, 0.1) is 5.92 Å². The first kappa shape index (κ1) is 15.2. The van der Waals surface area contributed by atoms with Gasteiger partial charge < -0.3 is 14.8 Å². The Morgan fingerprint density at radius 2 is 2.04 bits per heavy atom. The van der Waals surface area contributed by atoms with Gasteiger partial charge in [0.15, 0.2) is 0 Å². The third-order valence-electron chi connectivity index (χ3n) is 4.01. The van der Waals surface area contributed by atoms with Crippen molar-refractivity contribution < 1.29 is 9.59 Å². The Bertz CT molecular complexity index is 698. The number of nitrogens with zero attached hydrogens (tertiary/aromatic N) is 4. The molecule has 0 bridgehead atoms. The Morgan fingerprint density at radius 1 is 1.26 bits per heavy atom. The molecule has 1 atom stereocenters. The number of carbonyl (C=O) groups excluding carboxylic acids is 2. The fourth-order valence-corrected chi connectivity index (χ4v) is 2.88. The van der Waals surface area contributed by atoms with Gasteiger partial charge in [-0.1, -0.05) is 0 Å². The molecule has 1 aliphatic heterocycles. The van der Waals surface area contributed by atoms with E-state index in [4.69, 9.17) is 0 Å². The Kier molecular flexibility index (Phi) is 4.36. The van der Waals surface area contributed by atoms with E-state index in [0.29, 0.717) is 19.5 Å². The molecule has 2 aromatic heterocycles. The molecule has 0 aromatic carbocycles. The van der Waals surface area contributed by atoms with Gasteiger partial charge in [-0.2, -0.15) is 0 Å². The van der Waals surface area contributed by atoms with Crippen LogP contribution in [0.1, 0.15) is 22.7 Å². The van der Waals surface area contributed by atoms with E-state index in [0.717, 1.165) is 12.2 Å². The second-order valence-corrected chi connectivity index (χ2v) is 5.65. The van der Waals surface area contributed by atoms with Gasteiger partial charge in [-0.3, -0.25) is 9.59 Å². The van der Waals surface area contributed by atoms with Gasteiger partial charge in [0, 0.05) is 56.8 Å². The number of hydrogen-bond acceptors (Lipinski definition) is 4. The predicted octanol–water partition coefficient (Wildman–Crippen LogP) is 0.686. The predicted molar refractivity (Wildman–Crippen MR) is 83.4 cm³/mol. The molecule has 120 valence electrons. The summed E-state index contributed by atoms with van der Waals surface area (Å²) >= 11 is 0. The van der Waals surface area contributed by atoms with E-state index in [1.54, 1.807) is 30.4 Å². The highest BCUT2D eigenvalue weighted by Crippen LogP contribution is 2.20. The topological polar surface area (TPSA) is 80.1 Å². The molecule has 0 unspecified atom stereocenters. The Hall–Kier alpha value is -2.70. The van der Waals surface area contributed by atoms with Crippen molar-refractivity contribution in [3.8, 4) is 0 Å². The van der Waals surface area contributed by atoms with Gasteiger partial charge in [0.1, 0.15) is 0 Å². The Labute approximate surface area is 134 Å². The number of hydrogen-bond donors (Lipinski definition) is 1. The second-order valence-electron chi connectivity index (χ2n) is 5.65. The molecule has 0 saturated carbocycles. The van der Waals surface area contributed by atoms with Crippen LogP contribution in [-0.4, -0.2) is 44.8 Å². The molecule has 1 aliphatic rings. The van der Waals surface area contributed by atoms with E-state index in [1.807, 2.05) is 18.3 Å². The molecule has 0 spiro atoms. The maximum Gasteiger partial charge on any atom is 0.292 e. The zero-order valence-electron chi connectivity index (χ0n) is 13.0. The van der Waals surface area contributed by atoms with Gasteiger partial charge in [0.05, 0.1) is 6.54 Å². The zero-order chi connectivity index (χ0) is 16.2. The molecular formula is C16H19N5O2. The van der Waals surface area contributed by atoms with Crippen LogP contribution in [0.3, 0.4) is 0 Å². The molecule has 0 aliphatic carbocycles. The first-order valence-electron chi connectivity index (χ1n) is 7.58. The van der Waals surface area contributed by atoms with Crippen LogP contribution in [0.25, 0.3) is 0 Å².